The molecule has 3 aliphatic rings. The van der Waals surface area contributed by atoms with E-state index in [4.69, 9.17) is 0 Å². The molecular formula is C18H21F2N5O3. The highest BCUT2D eigenvalue weighted by Crippen LogP contribution is 2.39. The zero-order valence-corrected chi connectivity index (χ0v) is 15.1. The second-order valence-corrected chi connectivity index (χ2v) is 7.17. The first kappa shape index (κ1) is 18.6. The van der Waals surface area contributed by atoms with E-state index in [2.05, 4.69) is 10.1 Å². The monoisotopic (exact) mass is 393 g/mol. The maximum Gasteiger partial charge on any atom is 0.337 e. The quantitative estimate of drug-likeness (QED) is 0.798. The number of rotatable bonds is 5. The van der Waals surface area contributed by atoms with Crippen LogP contribution in [0.4, 0.5) is 14.5 Å². The molecule has 0 unspecified atom stereocenters. The minimum absolute atomic E-state index is 0.0158. The number of aliphatic imine (C=N–C) groups is 1. The summed E-state index contributed by atoms with van der Waals surface area (Å²) in [5, 5.41) is 25.8. The molecule has 2 N–H and O–H groups in total. The number of nitrogens with zero attached hydrogens (tertiary/aromatic N) is 5. The lowest BCUT2D eigenvalue weighted by Crippen LogP contribution is -2.34. The van der Waals surface area contributed by atoms with Crippen LogP contribution in [0, 0.1) is 5.92 Å². The highest BCUT2D eigenvalue weighted by atomic mass is 19.3. The predicted molar refractivity (Wildman–Crippen MR) is 96.7 cm³/mol. The van der Waals surface area contributed by atoms with Gasteiger partial charge in [0.2, 0.25) is 0 Å². The Morgan fingerprint density at radius 1 is 1.29 bits per heavy atom. The Morgan fingerprint density at radius 2 is 2.04 bits per heavy atom. The molecule has 1 aromatic heterocycles. The van der Waals surface area contributed by atoms with Crippen molar-refractivity contribution in [3.63, 3.8) is 0 Å². The van der Waals surface area contributed by atoms with Crippen molar-refractivity contribution in [3.8, 4) is 0 Å². The number of aromatic nitrogens is 2. The van der Waals surface area contributed by atoms with Crippen molar-refractivity contribution in [2.24, 2.45) is 10.9 Å². The molecule has 10 heteroatoms. The number of hydrogen-bond donors (Lipinski definition) is 2. The van der Waals surface area contributed by atoms with Crippen LogP contribution >= 0.6 is 0 Å². The van der Waals surface area contributed by atoms with Crippen LogP contribution < -0.4 is 5.01 Å². The molecule has 3 heterocycles. The lowest BCUT2D eigenvalue weighted by molar-refractivity contribution is -0.132. The van der Waals surface area contributed by atoms with Gasteiger partial charge in [-0.1, -0.05) is 0 Å². The number of halogens is 2. The number of carboxylic acids is 1. The lowest BCUT2D eigenvalue weighted by atomic mass is 9.87. The topological polar surface area (TPSA) is 94.2 Å². The van der Waals surface area contributed by atoms with Crippen molar-refractivity contribution in [1.29, 1.82) is 0 Å². The van der Waals surface area contributed by atoms with Crippen molar-refractivity contribution >= 4 is 17.9 Å². The van der Waals surface area contributed by atoms with Crippen LogP contribution in [-0.2, 0) is 4.79 Å². The van der Waals surface area contributed by atoms with Gasteiger partial charge in [-0.15, -0.1) is 0 Å². The van der Waals surface area contributed by atoms with Crippen molar-refractivity contribution in [2.75, 3.05) is 18.2 Å². The Balaban J connectivity index is 1.65. The number of aliphatic carboxylic acids is 1. The molecule has 150 valence electrons. The maximum absolute atomic E-state index is 13.7. The molecule has 8 nitrogen and oxygen atoms in total. The number of fused-ring (bicyclic) bond motifs is 1. The fraction of sp³-hybridized carbons (Fsp3) is 0.500. The summed E-state index contributed by atoms with van der Waals surface area (Å²) >= 11 is 0. The molecular weight excluding hydrogens is 372 g/mol. The van der Waals surface area contributed by atoms with Crippen molar-refractivity contribution in [3.05, 3.63) is 35.6 Å². The van der Waals surface area contributed by atoms with Gasteiger partial charge >= 0.3 is 5.97 Å². The maximum atomic E-state index is 13.7. The Labute approximate surface area is 160 Å². The van der Waals surface area contributed by atoms with E-state index in [9.17, 15) is 23.8 Å². The van der Waals surface area contributed by atoms with Gasteiger partial charge < -0.3 is 10.2 Å². The van der Waals surface area contributed by atoms with E-state index in [0.717, 1.165) is 25.7 Å². The highest BCUT2D eigenvalue weighted by Gasteiger charge is 2.37. The molecule has 1 fully saturated rings. The van der Waals surface area contributed by atoms with Gasteiger partial charge in [-0.2, -0.15) is 5.10 Å². The van der Waals surface area contributed by atoms with E-state index < -0.39 is 12.4 Å². The summed E-state index contributed by atoms with van der Waals surface area (Å²) in [6, 6.07) is -0.0158. The second-order valence-electron chi connectivity index (χ2n) is 7.17. The lowest BCUT2D eigenvalue weighted by Gasteiger charge is -2.30. The average molecular weight is 393 g/mol. The molecule has 0 amide bonds. The number of allylic oxidation sites excluding steroid dienone is 1. The molecule has 1 aliphatic carbocycles. The average Bonchev–Trinajstić information content (AvgIpc) is 3.30. The number of anilines is 1. The van der Waals surface area contributed by atoms with Crippen LogP contribution in [0.3, 0.4) is 0 Å². The molecule has 1 aromatic rings. The van der Waals surface area contributed by atoms with Crippen LogP contribution in [0.5, 0.6) is 0 Å². The number of carboxylic acid groups (broad SMARTS) is 1. The first-order valence-electron chi connectivity index (χ1n) is 9.21. The number of hydrogen-bond acceptors (Lipinski definition) is 6. The molecule has 0 radical (unpaired) electrons. The van der Waals surface area contributed by atoms with Gasteiger partial charge in [0, 0.05) is 19.0 Å². The molecule has 2 aliphatic heterocycles. The summed E-state index contributed by atoms with van der Waals surface area (Å²) in [5.74, 6) is -0.671. The molecule has 1 saturated carbocycles. The highest BCUT2D eigenvalue weighted by molar-refractivity contribution is 5.91. The number of carbonyl (C=O) groups is 1. The summed E-state index contributed by atoms with van der Waals surface area (Å²) in [7, 11) is 0. The molecule has 0 atom stereocenters. The van der Waals surface area contributed by atoms with Crippen molar-refractivity contribution in [2.45, 2.75) is 38.2 Å². The zero-order chi connectivity index (χ0) is 19.8. The number of alkyl halides is 2. The SMILES string of the molecule is O=C(O)C1=C2N=CC=CN2N(c2cn(C3CCC(CO)CC3)nc2C(F)F)C1. The van der Waals surface area contributed by atoms with E-state index >= 15 is 0 Å². The second kappa shape index (κ2) is 7.34. The number of aliphatic hydroxyl groups is 1. The third kappa shape index (κ3) is 3.17. The molecule has 4 rings (SSSR count). The first-order valence-corrected chi connectivity index (χ1v) is 9.21. The van der Waals surface area contributed by atoms with Crippen LogP contribution in [0.25, 0.3) is 0 Å². The van der Waals surface area contributed by atoms with Crippen LogP contribution in [0.1, 0.15) is 43.8 Å². The normalized spacial score (nSPS) is 24.4. The van der Waals surface area contributed by atoms with E-state index in [-0.39, 0.29) is 47.9 Å². The molecule has 28 heavy (non-hydrogen) atoms. The van der Waals surface area contributed by atoms with Gasteiger partial charge in [0.25, 0.3) is 6.43 Å². The first-order chi connectivity index (χ1) is 13.5. The van der Waals surface area contributed by atoms with Crippen molar-refractivity contribution < 1.29 is 23.8 Å². The Morgan fingerprint density at radius 3 is 2.68 bits per heavy atom. The van der Waals surface area contributed by atoms with Gasteiger partial charge in [0.15, 0.2) is 11.5 Å². The number of aliphatic hydroxyl groups excluding tert-OH is 1. The fourth-order valence-corrected chi connectivity index (χ4v) is 3.96. The molecule has 0 saturated heterocycles. The van der Waals surface area contributed by atoms with Gasteiger partial charge in [-0.05, 0) is 37.7 Å². The largest absolute Gasteiger partial charge is 0.478 e. The summed E-state index contributed by atoms with van der Waals surface area (Å²) in [6.07, 6.45) is 6.61. The van der Waals surface area contributed by atoms with Crippen LogP contribution in [0.2, 0.25) is 0 Å². The van der Waals surface area contributed by atoms with E-state index in [1.165, 1.54) is 16.2 Å². The Bertz CT molecular complexity index is 855. The van der Waals surface area contributed by atoms with Crippen molar-refractivity contribution in [1.82, 2.24) is 14.8 Å². The fourth-order valence-electron chi connectivity index (χ4n) is 3.96. The summed E-state index contributed by atoms with van der Waals surface area (Å²) in [5.41, 5.74) is -0.162. The third-order valence-corrected chi connectivity index (χ3v) is 5.50. The zero-order valence-electron chi connectivity index (χ0n) is 15.1. The van der Waals surface area contributed by atoms with Gasteiger partial charge in [0.05, 0.1) is 18.8 Å². The standard InChI is InChI=1S/C18H21F2N5O3/c19-16(20)15-14(9-23(22-15)12-4-2-11(10-26)3-5-12)25-8-13(18(27)28)17-21-6-1-7-24(17)25/h1,6-7,9,11-12,16,26H,2-5,8,10H2,(H,27,28). The van der Waals surface area contributed by atoms with Gasteiger partial charge in [-0.25, -0.2) is 23.6 Å². The van der Waals surface area contributed by atoms with E-state index in [1.54, 1.807) is 23.2 Å². The number of hydrazine groups is 1. The van der Waals surface area contributed by atoms with Crippen LogP contribution in [0.15, 0.2) is 34.9 Å². The smallest absolute Gasteiger partial charge is 0.337 e. The molecule has 0 bridgehead atoms. The summed E-state index contributed by atoms with van der Waals surface area (Å²) < 4.78 is 29.0. The van der Waals surface area contributed by atoms with Crippen LogP contribution in [-0.4, -0.2) is 50.3 Å². The minimum atomic E-state index is -2.79. The van der Waals surface area contributed by atoms with Gasteiger partial charge in [-0.3, -0.25) is 9.69 Å². The van der Waals surface area contributed by atoms with E-state index in [1.807, 2.05) is 0 Å². The summed E-state index contributed by atoms with van der Waals surface area (Å²) in [4.78, 5) is 15.7. The molecule has 0 spiro atoms. The van der Waals surface area contributed by atoms with Gasteiger partial charge in [0.1, 0.15) is 11.3 Å². The summed E-state index contributed by atoms with van der Waals surface area (Å²) in [6.45, 7) is 0.0658. The van der Waals surface area contributed by atoms with E-state index in [0.29, 0.717) is 0 Å². The molecule has 0 aromatic carbocycles. The third-order valence-electron chi connectivity index (χ3n) is 5.50. The Kier molecular flexibility index (Phi) is 4.88. The Hall–Kier alpha value is -2.75. The minimum Gasteiger partial charge on any atom is -0.478 e. The predicted octanol–water partition coefficient (Wildman–Crippen LogP) is 2.48.